The lowest BCUT2D eigenvalue weighted by atomic mass is 10.2. The lowest BCUT2D eigenvalue weighted by Crippen LogP contribution is -2.24. The maximum atomic E-state index is 11.9. The standard InChI is InChI=1S/C10H11BrClNO4S/c1-2-3-13-18(16,17)6-4-7(10(14)15)9(12)8(11)5-6/h4-5,13H,2-3H2,1H3,(H,14,15). The van der Waals surface area contributed by atoms with E-state index in [2.05, 4.69) is 20.7 Å². The summed E-state index contributed by atoms with van der Waals surface area (Å²) in [5, 5.41) is 8.91. The number of nitrogens with one attached hydrogen (secondary N) is 1. The number of sulfonamides is 1. The molecule has 100 valence electrons. The molecule has 0 unspecified atom stereocenters. The molecule has 0 aliphatic rings. The van der Waals surface area contributed by atoms with Crippen LogP contribution in [0.15, 0.2) is 21.5 Å². The molecule has 1 aromatic rings. The molecule has 0 aliphatic carbocycles. The van der Waals surface area contributed by atoms with E-state index in [-0.39, 0.29) is 26.5 Å². The smallest absolute Gasteiger partial charge is 0.337 e. The second-order valence-corrected chi connectivity index (χ2v) is 6.47. The average Bonchev–Trinajstić information content (AvgIpc) is 2.29. The highest BCUT2D eigenvalue weighted by Crippen LogP contribution is 2.29. The van der Waals surface area contributed by atoms with Gasteiger partial charge in [0.15, 0.2) is 0 Å². The molecule has 0 saturated heterocycles. The zero-order chi connectivity index (χ0) is 13.9. The van der Waals surface area contributed by atoms with Gasteiger partial charge in [0.1, 0.15) is 0 Å². The van der Waals surface area contributed by atoms with Crippen LogP contribution in [0.4, 0.5) is 0 Å². The predicted octanol–water partition coefficient (Wildman–Crippen LogP) is 2.49. The Kier molecular flexibility index (Phi) is 5.15. The van der Waals surface area contributed by atoms with E-state index in [1.54, 1.807) is 0 Å². The first-order chi connectivity index (χ1) is 8.29. The third kappa shape index (κ3) is 3.44. The highest BCUT2D eigenvalue weighted by molar-refractivity contribution is 9.10. The second-order valence-electron chi connectivity index (χ2n) is 3.47. The molecular formula is C10H11BrClNO4S. The van der Waals surface area contributed by atoms with Gasteiger partial charge < -0.3 is 5.11 Å². The molecule has 18 heavy (non-hydrogen) atoms. The lowest BCUT2D eigenvalue weighted by molar-refractivity contribution is 0.0696. The molecule has 0 aromatic heterocycles. The van der Waals surface area contributed by atoms with Crippen LogP contribution < -0.4 is 4.72 Å². The van der Waals surface area contributed by atoms with E-state index in [9.17, 15) is 13.2 Å². The van der Waals surface area contributed by atoms with E-state index in [0.717, 1.165) is 6.07 Å². The van der Waals surface area contributed by atoms with Crippen molar-refractivity contribution in [2.75, 3.05) is 6.54 Å². The van der Waals surface area contributed by atoms with Gasteiger partial charge in [-0.2, -0.15) is 0 Å². The fourth-order valence-electron chi connectivity index (χ4n) is 1.19. The Bertz CT molecular complexity index is 573. The predicted molar refractivity (Wildman–Crippen MR) is 71.6 cm³/mol. The van der Waals surface area contributed by atoms with E-state index in [1.807, 2.05) is 6.92 Å². The minimum Gasteiger partial charge on any atom is -0.478 e. The van der Waals surface area contributed by atoms with Crippen LogP contribution in [-0.2, 0) is 10.0 Å². The first-order valence-corrected chi connectivity index (χ1v) is 7.67. The summed E-state index contributed by atoms with van der Waals surface area (Å²) in [5.41, 5.74) is -0.261. The summed E-state index contributed by atoms with van der Waals surface area (Å²) in [7, 11) is -3.72. The molecule has 0 radical (unpaired) electrons. The fourth-order valence-corrected chi connectivity index (χ4v) is 3.18. The maximum Gasteiger partial charge on any atom is 0.337 e. The van der Waals surface area contributed by atoms with Gasteiger partial charge in [-0.05, 0) is 34.5 Å². The topological polar surface area (TPSA) is 83.5 Å². The summed E-state index contributed by atoms with van der Waals surface area (Å²) in [6.45, 7) is 2.11. The molecule has 0 fully saturated rings. The second kappa shape index (κ2) is 6.01. The normalized spacial score (nSPS) is 11.5. The van der Waals surface area contributed by atoms with Crippen molar-refractivity contribution in [3.05, 3.63) is 27.2 Å². The SMILES string of the molecule is CCCNS(=O)(=O)c1cc(Br)c(Cl)c(C(=O)O)c1. The van der Waals surface area contributed by atoms with Crippen LogP contribution >= 0.6 is 27.5 Å². The third-order valence-electron chi connectivity index (χ3n) is 2.08. The van der Waals surface area contributed by atoms with Gasteiger partial charge in [-0.15, -0.1) is 0 Å². The molecule has 0 atom stereocenters. The summed E-state index contributed by atoms with van der Waals surface area (Å²) in [5.74, 6) is -1.28. The molecule has 0 saturated carbocycles. The molecule has 1 rings (SSSR count). The molecule has 2 N–H and O–H groups in total. The lowest BCUT2D eigenvalue weighted by Gasteiger charge is -2.09. The van der Waals surface area contributed by atoms with Crippen molar-refractivity contribution in [1.82, 2.24) is 4.72 Å². The van der Waals surface area contributed by atoms with Crippen LogP contribution in [0, 0.1) is 0 Å². The van der Waals surface area contributed by atoms with Gasteiger partial charge in [0.2, 0.25) is 10.0 Å². The molecule has 0 heterocycles. The number of rotatable bonds is 5. The zero-order valence-corrected chi connectivity index (χ0v) is 12.6. The minimum absolute atomic E-state index is 0.0306. The quantitative estimate of drug-likeness (QED) is 0.849. The van der Waals surface area contributed by atoms with E-state index < -0.39 is 16.0 Å². The largest absolute Gasteiger partial charge is 0.478 e. The van der Waals surface area contributed by atoms with E-state index >= 15 is 0 Å². The van der Waals surface area contributed by atoms with Gasteiger partial charge in [-0.3, -0.25) is 0 Å². The Labute approximate surface area is 118 Å². The van der Waals surface area contributed by atoms with Crippen molar-refractivity contribution in [3.8, 4) is 0 Å². The van der Waals surface area contributed by atoms with Crippen LogP contribution in [0.3, 0.4) is 0 Å². The number of aromatic carboxylic acids is 1. The van der Waals surface area contributed by atoms with Crippen LogP contribution in [0.5, 0.6) is 0 Å². The van der Waals surface area contributed by atoms with Crippen LogP contribution in [0.1, 0.15) is 23.7 Å². The molecule has 0 spiro atoms. The van der Waals surface area contributed by atoms with Crippen molar-refractivity contribution in [2.24, 2.45) is 0 Å². The Morgan fingerprint density at radius 3 is 2.61 bits per heavy atom. The summed E-state index contributed by atoms with van der Waals surface area (Å²) >= 11 is 8.81. The van der Waals surface area contributed by atoms with Gasteiger partial charge in [0.25, 0.3) is 0 Å². The van der Waals surface area contributed by atoms with Gasteiger partial charge >= 0.3 is 5.97 Å². The van der Waals surface area contributed by atoms with Gasteiger partial charge in [0, 0.05) is 11.0 Å². The van der Waals surface area contributed by atoms with Crippen LogP contribution in [0.25, 0.3) is 0 Å². The van der Waals surface area contributed by atoms with Crippen LogP contribution in [-0.4, -0.2) is 26.0 Å². The molecule has 1 aromatic carbocycles. The van der Waals surface area contributed by atoms with Gasteiger partial charge in [0.05, 0.1) is 15.5 Å². The number of carbonyl (C=O) groups is 1. The summed E-state index contributed by atoms with van der Waals surface area (Å²) in [6.07, 6.45) is 0.639. The summed E-state index contributed by atoms with van der Waals surface area (Å²) < 4.78 is 26.3. The van der Waals surface area contributed by atoms with Crippen molar-refractivity contribution < 1.29 is 18.3 Å². The van der Waals surface area contributed by atoms with E-state index in [0.29, 0.717) is 6.42 Å². The number of carboxylic acid groups (broad SMARTS) is 1. The molecule has 0 aliphatic heterocycles. The van der Waals surface area contributed by atoms with E-state index in [1.165, 1.54) is 6.07 Å². The molecule has 5 nitrogen and oxygen atoms in total. The molecule has 8 heteroatoms. The minimum atomic E-state index is -3.72. The van der Waals surface area contributed by atoms with Crippen molar-refractivity contribution >= 4 is 43.5 Å². The number of benzene rings is 1. The Morgan fingerprint density at radius 1 is 1.50 bits per heavy atom. The third-order valence-corrected chi connectivity index (χ3v) is 4.79. The summed E-state index contributed by atoms with van der Waals surface area (Å²) in [6, 6.07) is 2.31. The van der Waals surface area contributed by atoms with Gasteiger partial charge in [-0.25, -0.2) is 17.9 Å². The number of halogens is 2. The zero-order valence-electron chi connectivity index (χ0n) is 9.41. The monoisotopic (exact) mass is 355 g/mol. The molecule has 0 amide bonds. The molecule has 0 bridgehead atoms. The highest BCUT2D eigenvalue weighted by Gasteiger charge is 2.20. The van der Waals surface area contributed by atoms with Gasteiger partial charge in [-0.1, -0.05) is 18.5 Å². The number of hydrogen-bond acceptors (Lipinski definition) is 3. The molecular weight excluding hydrogens is 346 g/mol. The van der Waals surface area contributed by atoms with Crippen LogP contribution in [0.2, 0.25) is 5.02 Å². The Hall–Kier alpha value is -0.630. The van der Waals surface area contributed by atoms with Crippen molar-refractivity contribution in [1.29, 1.82) is 0 Å². The number of hydrogen-bond donors (Lipinski definition) is 2. The Balaban J connectivity index is 3.31. The van der Waals surface area contributed by atoms with E-state index in [4.69, 9.17) is 16.7 Å². The summed E-state index contributed by atoms with van der Waals surface area (Å²) in [4.78, 5) is 10.8. The first-order valence-electron chi connectivity index (χ1n) is 5.01. The fraction of sp³-hybridized carbons (Fsp3) is 0.300. The van der Waals surface area contributed by atoms with Crippen molar-refractivity contribution in [2.45, 2.75) is 18.2 Å². The first kappa shape index (κ1) is 15.4. The van der Waals surface area contributed by atoms with Crippen molar-refractivity contribution in [3.63, 3.8) is 0 Å². The number of carboxylic acids is 1. The maximum absolute atomic E-state index is 11.9. The highest BCUT2D eigenvalue weighted by atomic mass is 79.9. The average molecular weight is 357 g/mol. The Morgan fingerprint density at radius 2 is 2.11 bits per heavy atom.